The van der Waals surface area contributed by atoms with E-state index >= 15 is 0 Å². The summed E-state index contributed by atoms with van der Waals surface area (Å²) in [7, 11) is 5.22. The van der Waals surface area contributed by atoms with E-state index in [9.17, 15) is 14.7 Å². The smallest absolute Gasteiger partial charge is 0.337 e. The van der Waals surface area contributed by atoms with Crippen molar-refractivity contribution in [1.29, 1.82) is 0 Å². The number of aromatic nitrogens is 1. The minimum absolute atomic E-state index is 0.0391. The Kier molecular flexibility index (Phi) is 7.78. The molecule has 1 amide bonds. The number of aliphatic imine (C=N–C) groups is 1. The second-order valence-electron chi connectivity index (χ2n) is 9.62. The molecule has 0 saturated carbocycles. The number of carbonyl (C=O) groups excluding carboxylic acids is 2. The van der Waals surface area contributed by atoms with Crippen molar-refractivity contribution in [3.63, 3.8) is 0 Å². The van der Waals surface area contributed by atoms with Crippen LogP contribution >= 0.6 is 11.3 Å². The molecule has 1 fully saturated rings. The van der Waals surface area contributed by atoms with Gasteiger partial charge >= 0.3 is 5.97 Å². The number of aromatic amines is 1. The van der Waals surface area contributed by atoms with Crippen molar-refractivity contribution in [2.75, 3.05) is 58.8 Å². The van der Waals surface area contributed by atoms with Gasteiger partial charge in [-0.25, -0.2) is 9.79 Å². The van der Waals surface area contributed by atoms with Crippen LogP contribution in [0.2, 0.25) is 0 Å². The minimum Gasteiger partial charge on any atom is -0.494 e. The number of methoxy groups -OCH3 is 1. The van der Waals surface area contributed by atoms with E-state index in [-0.39, 0.29) is 11.8 Å². The molecule has 0 atom stereocenters. The van der Waals surface area contributed by atoms with Gasteiger partial charge in [0.15, 0.2) is 5.88 Å². The zero-order valence-electron chi connectivity index (χ0n) is 22.2. The van der Waals surface area contributed by atoms with E-state index in [0.717, 1.165) is 42.8 Å². The molecule has 2 N–H and O–H groups in total. The number of fused-ring (bicyclic) bond motifs is 1. The van der Waals surface area contributed by atoms with Crippen LogP contribution in [0.3, 0.4) is 0 Å². The number of rotatable bonds is 7. The zero-order valence-corrected chi connectivity index (χ0v) is 23.0. The second kappa shape index (κ2) is 11.4. The lowest BCUT2D eigenvalue weighted by molar-refractivity contribution is -0.119. The zero-order chi connectivity index (χ0) is 27.5. The summed E-state index contributed by atoms with van der Waals surface area (Å²) >= 11 is 1.54. The van der Waals surface area contributed by atoms with E-state index in [4.69, 9.17) is 9.73 Å². The minimum atomic E-state index is -0.452. The van der Waals surface area contributed by atoms with Crippen LogP contribution in [0.4, 0.5) is 11.4 Å². The van der Waals surface area contributed by atoms with E-state index in [1.165, 1.54) is 18.4 Å². The molecule has 5 rings (SSSR count). The molecule has 39 heavy (non-hydrogen) atoms. The van der Waals surface area contributed by atoms with Crippen molar-refractivity contribution in [2.45, 2.75) is 0 Å². The number of nitrogens with one attached hydrogen (secondary N) is 1. The van der Waals surface area contributed by atoms with Gasteiger partial charge in [0.05, 0.1) is 36.2 Å². The van der Waals surface area contributed by atoms with Gasteiger partial charge in [-0.2, -0.15) is 11.3 Å². The van der Waals surface area contributed by atoms with E-state index in [0.29, 0.717) is 34.6 Å². The molecule has 1 aliphatic rings. The number of H-pyrrole nitrogens is 1. The molecule has 4 aromatic rings. The number of piperazine rings is 1. The molecule has 0 spiro atoms. The number of aromatic hydroxyl groups is 1. The number of anilines is 1. The fourth-order valence-corrected chi connectivity index (χ4v) is 5.30. The van der Waals surface area contributed by atoms with E-state index < -0.39 is 5.97 Å². The van der Waals surface area contributed by atoms with Crippen LogP contribution in [0, 0.1) is 0 Å². The normalized spacial score (nSPS) is 15.0. The Morgan fingerprint density at radius 3 is 2.49 bits per heavy atom. The molecule has 202 valence electrons. The number of thiophene rings is 1. The number of carbonyl (C=O) groups is 2. The standard InChI is InChI=1S/C29H31N5O4S/c1-32-11-13-34(14-12-32)17-25(35)33(2)22-7-5-21(6-8-22)30-27(20-10-15-39-18-20)26-23-9-4-19(29(37)38-3)16-24(23)31-28(26)36/h4-10,15-16,18,31,36H,11-14,17H2,1-3H3. The number of esters is 1. The Labute approximate surface area is 230 Å². The molecule has 3 heterocycles. The predicted molar refractivity (Wildman–Crippen MR) is 155 cm³/mol. The van der Waals surface area contributed by atoms with Crippen molar-refractivity contribution >= 4 is 51.2 Å². The van der Waals surface area contributed by atoms with Crippen molar-refractivity contribution in [2.24, 2.45) is 4.99 Å². The van der Waals surface area contributed by atoms with Crippen LogP contribution in [0.1, 0.15) is 21.5 Å². The quantitative estimate of drug-likeness (QED) is 0.268. The molecule has 9 nitrogen and oxygen atoms in total. The van der Waals surface area contributed by atoms with Gasteiger partial charge in [-0.3, -0.25) is 9.69 Å². The van der Waals surface area contributed by atoms with E-state index in [1.54, 1.807) is 30.1 Å². The highest BCUT2D eigenvalue weighted by atomic mass is 32.1. The van der Waals surface area contributed by atoms with E-state index in [1.807, 2.05) is 41.1 Å². The number of hydrogen-bond acceptors (Lipinski definition) is 8. The van der Waals surface area contributed by atoms with Gasteiger partial charge < -0.3 is 24.6 Å². The molecule has 1 saturated heterocycles. The van der Waals surface area contributed by atoms with Crippen LogP contribution in [0.5, 0.6) is 5.88 Å². The van der Waals surface area contributed by atoms with Crippen LogP contribution in [-0.4, -0.2) is 91.4 Å². The van der Waals surface area contributed by atoms with Gasteiger partial charge in [-0.1, -0.05) is 6.07 Å². The summed E-state index contributed by atoms with van der Waals surface area (Å²) in [5.74, 6) is -0.445. The second-order valence-corrected chi connectivity index (χ2v) is 10.4. The average Bonchev–Trinajstić information content (AvgIpc) is 3.60. The SMILES string of the molecule is COC(=O)c1ccc2c(C(=Nc3ccc(N(C)C(=O)CN4CCN(C)CC4)cc3)c3ccsc3)c(O)[nH]c2c1. The van der Waals surface area contributed by atoms with Gasteiger partial charge in [0.25, 0.3) is 0 Å². The summed E-state index contributed by atoms with van der Waals surface area (Å²) in [5, 5.41) is 15.6. The lowest BCUT2D eigenvalue weighted by Gasteiger charge is -2.32. The third kappa shape index (κ3) is 5.73. The highest BCUT2D eigenvalue weighted by Gasteiger charge is 2.21. The first-order valence-electron chi connectivity index (χ1n) is 12.7. The molecule has 0 unspecified atom stereocenters. The molecule has 0 bridgehead atoms. The molecular weight excluding hydrogens is 514 g/mol. The van der Waals surface area contributed by atoms with Crippen molar-refractivity contribution in [3.8, 4) is 5.88 Å². The fourth-order valence-electron chi connectivity index (χ4n) is 4.66. The van der Waals surface area contributed by atoms with Gasteiger partial charge in [0, 0.05) is 60.8 Å². The van der Waals surface area contributed by atoms with Gasteiger partial charge in [0.2, 0.25) is 5.91 Å². The Morgan fingerprint density at radius 1 is 1.08 bits per heavy atom. The highest BCUT2D eigenvalue weighted by molar-refractivity contribution is 7.08. The van der Waals surface area contributed by atoms with Crippen LogP contribution < -0.4 is 4.90 Å². The van der Waals surface area contributed by atoms with E-state index in [2.05, 4.69) is 21.8 Å². The van der Waals surface area contributed by atoms with Gasteiger partial charge in [-0.05, 0) is 54.9 Å². The maximum absolute atomic E-state index is 12.9. The number of ether oxygens (including phenoxy) is 1. The number of nitrogens with zero attached hydrogens (tertiary/aromatic N) is 4. The summed E-state index contributed by atoms with van der Waals surface area (Å²) in [6.45, 7) is 4.10. The van der Waals surface area contributed by atoms with Gasteiger partial charge in [0.1, 0.15) is 0 Å². The maximum Gasteiger partial charge on any atom is 0.337 e. The summed E-state index contributed by atoms with van der Waals surface area (Å²) in [5.41, 5.74) is 4.45. The Hall–Kier alpha value is -3.99. The first kappa shape index (κ1) is 26.6. The van der Waals surface area contributed by atoms with Crippen molar-refractivity contribution in [3.05, 3.63) is 76.0 Å². The first-order valence-corrected chi connectivity index (χ1v) is 13.6. The monoisotopic (exact) mass is 545 g/mol. The largest absolute Gasteiger partial charge is 0.494 e. The number of hydrogen-bond donors (Lipinski definition) is 2. The first-order chi connectivity index (χ1) is 18.8. The van der Waals surface area contributed by atoms with Crippen molar-refractivity contribution < 1.29 is 19.4 Å². The predicted octanol–water partition coefficient (Wildman–Crippen LogP) is 4.10. The molecular formula is C29H31N5O4S. The highest BCUT2D eigenvalue weighted by Crippen LogP contribution is 2.33. The lowest BCUT2D eigenvalue weighted by atomic mass is 10.0. The summed E-state index contributed by atoms with van der Waals surface area (Å²) in [6, 6.07) is 14.5. The van der Waals surface area contributed by atoms with Crippen LogP contribution in [-0.2, 0) is 9.53 Å². The lowest BCUT2D eigenvalue weighted by Crippen LogP contribution is -2.48. The molecule has 1 aliphatic heterocycles. The maximum atomic E-state index is 12.9. The summed E-state index contributed by atoms with van der Waals surface area (Å²) in [6.07, 6.45) is 0. The number of likely N-dealkylation sites (N-methyl/N-ethyl adjacent to an activating group) is 2. The van der Waals surface area contributed by atoms with Crippen LogP contribution in [0.25, 0.3) is 10.9 Å². The Bertz CT molecular complexity index is 1500. The van der Waals surface area contributed by atoms with Crippen LogP contribution in [0.15, 0.2) is 64.3 Å². The summed E-state index contributed by atoms with van der Waals surface area (Å²) < 4.78 is 4.82. The molecule has 0 aliphatic carbocycles. The fraction of sp³-hybridized carbons (Fsp3) is 0.276. The molecule has 2 aromatic carbocycles. The van der Waals surface area contributed by atoms with Gasteiger partial charge in [-0.15, -0.1) is 0 Å². The van der Waals surface area contributed by atoms with Crippen molar-refractivity contribution in [1.82, 2.24) is 14.8 Å². The Morgan fingerprint density at radius 2 is 1.82 bits per heavy atom. The molecule has 2 aromatic heterocycles. The average molecular weight is 546 g/mol. The molecule has 0 radical (unpaired) electrons. The number of benzene rings is 2. The summed E-state index contributed by atoms with van der Waals surface area (Å²) in [4.78, 5) is 38.9. The third-order valence-electron chi connectivity index (χ3n) is 7.04. The topological polar surface area (TPSA) is 101 Å². The Balaban J connectivity index is 1.42. The number of amides is 1. The third-order valence-corrected chi connectivity index (χ3v) is 7.72. The molecule has 10 heteroatoms.